The van der Waals surface area contributed by atoms with Crippen LogP contribution in [-0.2, 0) is 11.2 Å². The van der Waals surface area contributed by atoms with Gasteiger partial charge >= 0.3 is 0 Å². The van der Waals surface area contributed by atoms with E-state index in [-0.39, 0.29) is 48.5 Å². The topological polar surface area (TPSA) is 63.1 Å². The zero-order valence-electron chi connectivity index (χ0n) is 19.0. The lowest BCUT2D eigenvalue weighted by molar-refractivity contribution is -0.121. The molecule has 0 radical (unpaired) electrons. The van der Waals surface area contributed by atoms with Crippen molar-refractivity contribution in [1.82, 2.24) is 9.99 Å². The van der Waals surface area contributed by atoms with Crippen molar-refractivity contribution in [2.24, 2.45) is 5.92 Å². The molecule has 1 aliphatic carbocycles. The molecule has 1 aromatic heterocycles. The molecule has 1 saturated carbocycles. The van der Waals surface area contributed by atoms with Crippen molar-refractivity contribution in [3.8, 4) is 0 Å². The van der Waals surface area contributed by atoms with Gasteiger partial charge in [-0.05, 0) is 66.8 Å². The van der Waals surface area contributed by atoms with Crippen LogP contribution in [0.2, 0.25) is 0 Å². The van der Waals surface area contributed by atoms with Gasteiger partial charge in [0, 0.05) is 12.2 Å². The van der Waals surface area contributed by atoms with Gasteiger partial charge in [0.25, 0.3) is 5.56 Å². The minimum absolute atomic E-state index is 0.0879. The summed E-state index contributed by atoms with van der Waals surface area (Å²) in [6.45, 7) is 1.31. The van der Waals surface area contributed by atoms with Gasteiger partial charge in [0.1, 0.15) is 11.6 Å². The number of rotatable bonds is 9. The average molecular weight is 472 g/mol. The van der Waals surface area contributed by atoms with Crippen molar-refractivity contribution < 1.29 is 18.0 Å². The van der Waals surface area contributed by atoms with Gasteiger partial charge in [0.2, 0.25) is 5.91 Å². The quantitative estimate of drug-likeness (QED) is 0.445. The van der Waals surface area contributed by atoms with Gasteiger partial charge in [-0.1, -0.05) is 30.7 Å². The van der Waals surface area contributed by atoms with E-state index in [9.17, 15) is 22.8 Å². The third-order valence-electron chi connectivity index (χ3n) is 6.59. The minimum atomic E-state index is -0.683. The Bertz CT molecular complexity index is 1250. The Morgan fingerprint density at radius 2 is 1.94 bits per heavy atom. The Morgan fingerprint density at radius 3 is 2.62 bits per heavy atom. The Balaban J connectivity index is 1.68. The first-order valence-corrected chi connectivity index (χ1v) is 11.6. The molecule has 1 fully saturated rings. The van der Waals surface area contributed by atoms with Crippen molar-refractivity contribution in [3.63, 3.8) is 0 Å². The van der Waals surface area contributed by atoms with E-state index in [1.807, 2.05) is 0 Å². The number of fused-ring (bicyclic) bond motifs is 1. The number of benzene rings is 2. The number of carbonyl (C=O) groups excluding carboxylic acids is 1. The second kappa shape index (κ2) is 10.3. The standard InChI is InChI=1S/C26H28F3N3O2/c1-16-21(20-10-4-11-22(29)24(20)26(34)32(16)30-13-5-12-27)15-23(33)31-25(17-6-2-7-17)18-8-3-9-19(28)14-18/h3-4,8-11,14,17,25,30H,2,5-7,12-13,15H2,1H3,(H,31,33)/t25-/m0/s1. The molecule has 0 spiro atoms. The van der Waals surface area contributed by atoms with E-state index in [2.05, 4.69) is 10.7 Å². The van der Waals surface area contributed by atoms with Crippen LogP contribution in [0, 0.1) is 24.5 Å². The number of nitrogens with zero attached hydrogens (tertiary/aromatic N) is 1. The molecule has 3 aromatic rings. The smallest absolute Gasteiger partial charge is 0.279 e. The van der Waals surface area contributed by atoms with Crippen LogP contribution in [0.25, 0.3) is 10.8 Å². The predicted octanol–water partition coefficient (Wildman–Crippen LogP) is 4.69. The van der Waals surface area contributed by atoms with Crippen molar-refractivity contribution in [3.05, 3.63) is 81.3 Å². The molecule has 4 rings (SSSR count). The molecular weight excluding hydrogens is 443 g/mol. The van der Waals surface area contributed by atoms with Gasteiger partial charge in [-0.2, -0.15) is 0 Å². The zero-order valence-corrected chi connectivity index (χ0v) is 19.0. The highest BCUT2D eigenvalue weighted by Gasteiger charge is 2.30. The maximum Gasteiger partial charge on any atom is 0.279 e. The van der Waals surface area contributed by atoms with Crippen LogP contribution in [0.15, 0.2) is 47.3 Å². The highest BCUT2D eigenvalue weighted by Crippen LogP contribution is 2.38. The average Bonchev–Trinajstić information content (AvgIpc) is 2.77. The van der Waals surface area contributed by atoms with E-state index in [0.29, 0.717) is 22.2 Å². The van der Waals surface area contributed by atoms with E-state index < -0.39 is 18.1 Å². The highest BCUT2D eigenvalue weighted by atomic mass is 19.1. The van der Waals surface area contributed by atoms with Gasteiger partial charge in [0.05, 0.1) is 24.5 Å². The molecular formula is C26H28F3N3O2. The van der Waals surface area contributed by atoms with E-state index in [1.165, 1.54) is 28.9 Å². The van der Waals surface area contributed by atoms with Crippen LogP contribution < -0.4 is 16.3 Å². The monoisotopic (exact) mass is 471 g/mol. The van der Waals surface area contributed by atoms with Crippen LogP contribution in [0.5, 0.6) is 0 Å². The fourth-order valence-corrected chi connectivity index (χ4v) is 4.59. The summed E-state index contributed by atoms with van der Waals surface area (Å²) in [6, 6.07) is 10.2. The van der Waals surface area contributed by atoms with Crippen LogP contribution in [0.3, 0.4) is 0 Å². The molecule has 2 N–H and O–H groups in total. The van der Waals surface area contributed by atoms with E-state index in [4.69, 9.17) is 0 Å². The lowest BCUT2D eigenvalue weighted by Gasteiger charge is -2.34. The SMILES string of the molecule is Cc1c(CC(=O)N[C@H](c2cccc(F)c2)C2CCC2)c2cccc(F)c2c(=O)n1NCCCF. The van der Waals surface area contributed by atoms with E-state index in [0.717, 1.165) is 19.3 Å². The first kappa shape index (κ1) is 23.9. The Labute approximate surface area is 195 Å². The van der Waals surface area contributed by atoms with Crippen molar-refractivity contribution >= 4 is 16.7 Å². The Kier molecular flexibility index (Phi) is 7.24. The van der Waals surface area contributed by atoms with E-state index >= 15 is 0 Å². The van der Waals surface area contributed by atoms with Gasteiger partial charge in [0.15, 0.2) is 0 Å². The van der Waals surface area contributed by atoms with Gasteiger partial charge in [-0.15, -0.1) is 0 Å². The van der Waals surface area contributed by atoms with Crippen LogP contribution in [0.4, 0.5) is 13.2 Å². The Hall–Kier alpha value is -3.29. The molecule has 1 aliphatic rings. The summed E-state index contributed by atoms with van der Waals surface area (Å²) in [7, 11) is 0. The molecule has 5 nitrogen and oxygen atoms in total. The number of hydrogen-bond acceptors (Lipinski definition) is 3. The van der Waals surface area contributed by atoms with Crippen molar-refractivity contribution in [2.75, 3.05) is 18.6 Å². The maximum absolute atomic E-state index is 14.7. The number of nitrogens with one attached hydrogen (secondary N) is 2. The molecule has 2 aromatic carbocycles. The van der Waals surface area contributed by atoms with Crippen molar-refractivity contribution in [1.29, 1.82) is 0 Å². The summed E-state index contributed by atoms with van der Waals surface area (Å²) in [5, 5.41) is 3.29. The lowest BCUT2D eigenvalue weighted by atomic mass is 9.77. The molecule has 0 bridgehead atoms. The Morgan fingerprint density at radius 1 is 1.18 bits per heavy atom. The molecule has 0 saturated heterocycles. The number of carbonyl (C=O) groups is 1. The molecule has 1 atom stereocenters. The molecule has 34 heavy (non-hydrogen) atoms. The third kappa shape index (κ3) is 4.81. The van der Waals surface area contributed by atoms with Crippen LogP contribution >= 0.6 is 0 Å². The fraction of sp³-hybridized carbons (Fsp3) is 0.385. The number of alkyl halides is 1. The molecule has 1 heterocycles. The number of amides is 1. The number of pyridine rings is 1. The molecule has 1 amide bonds. The van der Waals surface area contributed by atoms with Crippen LogP contribution in [0.1, 0.15) is 48.5 Å². The second-order valence-corrected chi connectivity index (χ2v) is 8.79. The fourth-order valence-electron chi connectivity index (χ4n) is 4.59. The first-order chi connectivity index (χ1) is 16.4. The van der Waals surface area contributed by atoms with Crippen LogP contribution in [-0.4, -0.2) is 23.8 Å². The lowest BCUT2D eigenvalue weighted by Crippen LogP contribution is -2.38. The largest absolute Gasteiger partial charge is 0.349 e. The summed E-state index contributed by atoms with van der Waals surface area (Å²) in [4.78, 5) is 26.2. The second-order valence-electron chi connectivity index (χ2n) is 8.79. The molecule has 0 unspecified atom stereocenters. The highest BCUT2D eigenvalue weighted by molar-refractivity contribution is 5.91. The number of aromatic nitrogens is 1. The number of halogens is 3. The molecule has 180 valence electrons. The van der Waals surface area contributed by atoms with Gasteiger partial charge in [-0.3, -0.25) is 14.0 Å². The predicted molar refractivity (Wildman–Crippen MR) is 126 cm³/mol. The molecule has 0 aliphatic heterocycles. The minimum Gasteiger partial charge on any atom is -0.349 e. The van der Waals surface area contributed by atoms with Gasteiger partial charge < -0.3 is 10.7 Å². The normalized spacial score (nSPS) is 14.6. The zero-order chi connectivity index (χ0) is 24.2. The van der Waals surface area contributed by atoms with Gasteiger partial charge in [-0.25, -0.2) is 13.5 Å². The first-order valence-electron chi connectivity index (χ1n) is 11.6. The summed E-state index contributed by atoms with van der Waals surface area (Å²) in [5.74, 6) is -1.13. The maximum atomic E-state index is 14.7. The summed E-state index contributed by atoms with van der Waals surface area (Å²) >= 11 is 0. The summed E-state index contributed by atoms with van der Waals surface area (Å²) in [6.07, 6.45) is 3.05. The van der Waals surface area contributed by atoms with Crippen molar-refractivity contribution in [2.45, 2.75) is 45.1 Å². The van der Waals surface area contributed by atoms with E-state index in [1.54, 1.807) is 25.1 Å². The number of hydrogen-bond donors (Lipinski definition) is 2. The third-order valence-corrected chi connectivity index (χ3v) is 6.59. The summed E-state index contributed by atoms with van der Waals surface area (Å²) < 4.78 is 42.3. The molecule has 8 heteroatoms. The summed E-state index contributed by atoms with van der Waals surface area (Å²) in [5.41, 5.74) is 3.94.